The molecule has 0 aromatic heterocycles. The van der Waals surface area contributed by atoms with Crippen LogP contribution >= 0.6 is 0 Å². The Hall–Kier alpha value is -0.790. The lowest BCUT2D eigenvalue weighted by molar-refractivity contribution is -0.140. The summed E-state index contributed by atoms with van der Waals surface area (Å²) in [5.41, 5.74) is 0. The average molecular weight is 228 g/mol. The topological polar surface area (TPSA) is 26.3 Å². The molecule has 0 radical (unpaired) electrons. The van der Waals surface area contributed by atoms with Gasteiger partial charge in [-0.3, -0.25) is 4.79 Å². The maximum absolute atomic E-state index is 9.82. The summed E-state index contributed by atoms with van der Waals surface area (Å²) in [7, 11) is 0. The molecule has 0 aliphatic rings. The first-order valence-corrected chi connectivity index (χ1v) is 6.43. The summed E-state index contributed by atoms with van der Waals surface area (Å²) in [6.45, 7) is 9.60. The predicted octanol–water partition coefficient (Wildman–Crippen LogP) is 4.49. The van der Waals surface area contributed by atoms with Gasteiger partial charge in [0.2, 0.25) is 0 Å². The largest absolute Gasteiger partial charge is 0.466 e. The summed E-state index contributed by atoms with van der Waals surface area (Å²) < 4.78 is 4.40. The molecule has 0 amide bonds. The van der Waals surface area contributed by atoms with Gasteiger partial charge in [-0.05, 0) is 19.8 Å². The predicted molar refractivity (Wildman–Crippen MR) is 70.5 cm³/mol. The third kappa shape index (κ3) is 23.2. The number of ether oxygens (including phenoxy) is 1. The highest BCUT2D eigenvalue weighted by Gasteiger charge is 1.86. The van der Waals surface area contributed by atoms with Gasteiger partial charge in [0.15, 0.2) is 0 Å². The zero-order valence-corrected chi connectivity index (χ0v) is 11.3. The van der Waals surface area contributed by atoms with Crippen molar-refractivity contribution >= 4 is 5.97 Å². The van der Waals surface area contributed by atoms with Crippen LogP contribution in [0.25, 0.3) is 0 Å². The quantitative estimate of drug-likeness (QED) is 0.347. The van der Waals surface area contributed by atoms with Gasteiger partial charge in [0.1, 0.15) is 0 Å². The zero-order valence-electron chi connectivity index (χ0n) is 11.3. The smallest absolute Gasteiger partial charge is 0.302 e. The lowest BCUT2D eigenvalue weighted by Gasteiger charge is -1.96. The van der Waals surface area contributed by atoms with E-state index < -0.39 is 0 Å². The van der Waals surface area contributed by atoms with Crippen LogP contribution < -0.4 is 0 Å². The number of esters is 1. The molecule has 0 saturated heterocycles. The molecule has 0 aliphatic heterocycles. The maximum atomic E-state index is 9.82. The molecule has 0 fully saturated rings. The van der Waals surface area contributed by atoms with Crippen LogP contribution in [0.1, 0.15) is 65.7 Å². The number of carbonyl (C=O) groups is 1. The van der Waals surface area contributed by atoms with Crippen LogP contribution in [0.15, 0.2) is 12.7 Å². The highest BCUT2D eigenvalue weighted by atomic mass is 16.5. The molecule has 0 aromatic carbocycles. The van der Waals surface area contributed by atoms with Gasteiger partial charge in [-0.1, -0.05) is 45.1 Å². The van der Waals surface area contributed by atoms with Gasteiger partial charge >= 0.3 is 5.97 Å². The molecular formula is C14H28O2. The standard InChI is InChI=1S/C10H20.C4H8O2/c1-3-5-7-9-10-8-6-4-2;1-3-6-4(2)5/h3H,1,4-10H2,2H3;3H2,1-2H3. The molecule has 0 aromatic rings. The Morgan fingerprint density at radius 1 is 1.12 bits per heavy atom. The van der Waals surface area contributed by atoms with Crippen molar-refractivity contribution in [2.75, 3.05) is 6.61 Å². The molecule has 16 heavy (non-hydrogen) atoms. The molecule has 0 heterocycles. The third-order valence-corrected chi connectivity index (χ3v) is 2.11. The first-order valence-electron chi connectivity index (χ1n) is 6.43. The van der Waals surface area contributed by atoms with E-state index in [0.717, 1.165) is 0 Å². The van der Waals surface area contributed by atoms with Gasteiger partial charge in [-0.15, -0.1) is 6.58 Å². The van der Waals surface area contributed by atoms with Crippen LogP contribution in [-0.4, -0.2) is 12.6 Å². The lowest BCUT2D eigenvalue weighted by Crippen LogP contribution is -1.95. The molecular weight excluding hydrogens is 200 g/mol. The second kappa shape index (κ2) is 16.6. The number of allylic oxidation sites excluding steroid dienone is 1. The number of hydrogen-bond acceptors (Lipinski definition) is 2. The average Bonchev–Trinajstić information content (AvgIpc) is 2.24. The number of carbonyl (C=O) groups excluding carboxylic acids is 1. The van der Waals surface area contributed by atoms with E-state index in [9.17, 15) is 4.79 Å². The van der Waals surface area contributed by atoms with E-state index >= 15 is 0 Å². The second-order valence-electron chi connectivity index (χ2n) is 3.77. The Morgan fingerprint density at radius 2 is 1.69 bits per heavy atom. The van der Waals surface area contributed by atoms with Crippen LogP contribution in [0.2, 0.25) is 0 Å². The number of hydrogen-bond donors (Lipinski definition) is 0. The van der Waals surface area contributed by atoms with E-state index in [1.165, 1.54) is 51.9 Å². The molecule has 0 bridgehead atoms. The van der Waals surface area contributed by atoms with E-state index in [0.29, 0.717) is 6.61 Å². The molecule has 0 saturated carbocycles. The van der Waals surface area contributed by atoms with Gasteiger partial charge in [0.05, 0.1) is 6.61 Å². The molecule has 0 aliphatic carbocycles. The minimum absolute atomic E-state index is 0.211. The Labute approximate surface area is 101 Å². The SMILES string of the molecule is C=CCCCCCCCC.CCOC(C)=O. The molecule has 2 heteroatoms. The van der Waals surface area contributed by atoms with Gasteiger partial charge in [0, 0.05) is 6.92 Å². The highest BCUT2D eigenvalue weighted by Crippen LogP contribution is 2.06. The number of unbranched alkanes of at least 4 members (excludes halogenated alkanes) is 6. The highest BCUT2D eigenvalue weighted by molar-refractivity contribution is 5.65. The molecule has 0 N–H and O–H groups in total. The Balaban J connectivity index is 0. The van der Waals surface area contributed by atoms with Gasteiger partial charge in [-0.25, -0.2) is 0 Å². The van der Waals surface area contributed by atoms with Crippen LogP contribution in [0.5, 0.6) is 0 Å². The molecule has 0 atom stereocenters. The Morgan fingerprint density at radius 3 is 2.06 bits per heavy atom. The normalized spacial score (nSPS) is 8.94. The van der Waals surface area contributed by atoms with Gasteiger partial charge < -0.3 is 4.74 Å². The fraction of sp³-hybridized carbons (Fsp3) is 0.786. The van der Waals surface area contributed by atoms with Gasteiger partial charge in [-0.2, -0.15) is 0 Å². The van der Waals surface area contributed by atoms with E-state index in [1.54, 1.807) is 6.92 Å². The summed E-state index contributed by atoms with van der Waals surface area (Å²) in [6.07, 6.45) is 11.6. The monoisotopic (exact) mass is 228 g/mol. The summed E-state index contributed by atoms with van der Waals surface area (Å²) in [5, 5.41) is 0. The summed E-state index contributed by atoms with van der Waals surface area (Å²) in [4.78, 5) is 9.82. The van der Waals surface area contributed by atoms with Gasteiger partial charge in [0.25, 0.3) is 0 Å². The van der Waals surface area contributed by atoms with Crippen LogP contribution in [0.4, 0.5) is 0 Å². The van der Waals surface area contributed by atoms with Crippen molar-refractivity contribution < 1.29 is 9.53 Å². The minimum atomic E-state index is -0.211. The Kier molecular flexibility index (Phi) is 18.3. The first kappa shape index (κ1) is 17.6. The maximum Gasteiger partial charge on any atom is 0.302 e. The third-order valence-electron chi connectivity index (χ3n) is 2.11. The minimum Gasteiger partial charge on any atom is -0.466 e. The fourth-order valence-electron chi connectivity index (χ4n) is 1.27. The van der Waals surface area contributed by atoms with Crippen molar-refractivity contribution in [1.29, 1.82) is 0 Å². The van der Waals surface area contributed by atoms with Crippen LogP contribution in [-0.2, 0) is 9.53 Å². The van der Waals surface area contributed by atoms with E-state index in [4.69, 9.17) is 0 Å². The van der Waals surface area contributed by atoms with Crippen molar-refractivity contribution in [3.63, 3.8) is 0 Å². The summed E-state index contributed by atoms with van der Waals surface area (Å²) >= 11 is 0. The second-order valence-corrected chi connectivity index (χ2v) is 3.77. The zero-order chi connectivity index (χ0) is 12.6. The fourth-order valence-corrected chi connectivity index (χ4v) is 1.27. The molecule has 0 unspecified atom stereocenters. The van der Waals surface area contributed by atoms with Crippen molar-refractivity contribution in [1.82, 2.24) is 0 Å². The first-order chi connectivity index (χ1) is 7.68. The van der Waals surface area contributed by atoms with E-state index in [1.807, 2.05) is 6.08 Å². The lowest BCUT2D eigenvalue weighted by atomic mass is 10.1. The Bertz CT molecular complexity index is 153. The molecule has 0 rings (SSSR count). The summed E-state index contributed by atoms with van der Waals surface area (Å²) in [5.74, 6) is -0.211. The molecule has 2 nitrogen and oxygen atoms in total. The van der Waals surface area contributed by atoms with E-state index in [2.05, 4.69) is 18.2 Å². The van der Waals surface area contributed by atoms with Crippen molar-refractivity contribution in [2.24, 2.45) is 0 Å². The van der Waals surface area contributed by atoms with Crippen molar-refractivity contribution in [2.45, 2.75) is 65.7 Å². The van der Waals surface area contributed by atoms with Crippen molar-refractivity contribution in [3.8, 4) is 0 Å². The van der Waals surface area contributed by atoms with Crippen molar-refractivity contribution in [3.05, 3.63) is 12.7 Å². The molecule has 96 valence electrons. The van der Waals surface area contributed by atoms with E-state index in [-0.39, 0.29) is 5.97 Å². The van der Waals surface area contributed by atoms with Crippen LogP contribution in [0, 0.1) is 0 Å². The molecule has 0 spiro atoms. The summed E-state index contributed by atoms with van der Waals surface area (Å²) in [6, 6.07) is 0. The van der Waals surface area contributed by atoms with Crippen LogP contribution in [0.3, 0.4) is 0 Å². The number of rotatable bonds is 8.